The molecule has 0 spiro atoms. The number of aromatic nitrogens is 2. The van der Waals surface area contributed by atoms with Crippen LogP contribution in [0.25, 0.3) is 6.08 Å². The van der Waals surface area contributed by atoms with Crippen molar-refractivity contribution in [2.45, 2.75) is 11.8 Å². The third-order valence-corrected chi connectivity index (χ3v) is 5.16. The Balaban J connectivity index is 1.70. The largest absolute Gasteiger partial charge is 0.454 e. The maximum absolute atomic E-state index is 9.26. The third-order valence-electron chi connectivity index (χ3n) is 5.16. The van der Waals surface area contributed by atoms with E-state index in [-0.39, 0.29) is 12.2 Å². The van der Waals surface area contributed by atoms with Crippen LogP contribution in [0.5, 0.6) is 11.5 Å². The van der Waals surface area contributed by atoms with Crippen molar-refractivity contribution in [3.63, 3.8) is 0 Å². The molecule has 126 valence electrons. The van der Waals surface area contributed by atoms with Crippen molar-refractivity contribution in [3.05, 3.63) is 82.7 Å². The molecular formula is C21H15N3O2. The zero-order valence-electron chi connectivity index (χ0n) is 13.9. The first-order valence-corrected chi connectivity index (χ1v) is 8.42. The van der Waals surface area contributed by atoms with E-state index in [2.05, 4.69) is 40.5 Å². The van der Waals surface area contributed by atoms with Gasteiger partial charge in [0, 0.05) is 23.1 Å². The number of nitriles is 1. The van der Waals surface area contributed by atoms with Crippen molar-refractivity contribution in [2.24, 2.45) is 0 Å². The van der Waals surface area contributed by atoms with Gasteiger partial charge in [0.1, 0.15) is 6.07 Å². The number of hydrogen-bond acceptors (Lipinski definition) is 4. The second-order valence-corrected chi connectivity index (χ2v) is 6.49. The van der Waals surface area contributed by atoms with Gasteiger partial charge in [0.05, 0.1) is 0 Å². The van der Waals surface area contributed by atoms with E-state index < -0.39 is 0 Å². The van der Waals surface area contributed by atoms with Crippen LogP contribution in [0.4, 0.5) is 0 Å². The lowest BCUT2D eigenvalue weighted by molar-refractivity contribution is 0.174. The standard InChI is InChI=1S/C21H15N3O2/c22-12-18-16-8-9-21(11-17(16)23-24-18,14-4-2-1-3-5-14)15-6-7-19-20(10-15)26-13-25-19/h1-10H,11,13H2,(H,23,24). The van der Waals surface area contributed by atoms with Gasteiger partial charge in [-0.15, -0.1) is 0 Å². The van der Waals surface area contributed by atoms with Gasteiger partial charge in [0.25, 0.3) is 0 Å². The number of nitrogens with zero attached hydrogens (tertiary/aromatic N) is 2. The Morgan fingerprint density at radius 3 is 2.73 bits per heavy atom. The van der Waals surface area contributed by atoms with E-state index in [1.165, 1.54) is 5.56 Å². The van der Waals surface area contributed by atoms with E-state index in [0.29, 0.717) is 12.1 Å². The fraction of sp³-hybridized carbons (Fsp3) is 0.143. The Morgan fingerprint density at radius 2 is 1.88 bits per heavy atom. The molecule has 5 rings (SSSR count). The third kappa shape index (κ3) is 2.06. The van der Waals surface area contributed by atoms with Gasteiger partial charge in [-0.2, -0.15) is 10.4 Å². The maximum Gasteiger partial charge on any atom is 0.231 e. The van der Waals surface area contributed by atoms with Gasteiger partial charge in [-0.05, 0) is 23.3 Å². The Kier molecular flexibility index (Phi) is 3.13. The van der Waals surface area contributed by atoms with Crippen LogP contribution < -0.4 is 9.47 Å². The van der Waals surface area contributed by atoms with Crippen LogP contribution in [-0.4, -0.2) is 17.0 Å². The number of aromatic amines is 1. The minimum absolute atomic E-state index is 0.253. The zero-order chi connectivity index (χ0) is 17.6. The van der Waals surface area contributed by atoms with E-state index in [1.54, 1.807) is 0 Å². The normalized spacial score (nSPS) is 19.8. The summed E-state index contributed by atoms with van der Waals surface area (Å²) in [6.07, 6.45) is 4.86. The second-order valence-electron chi connectivity index (χ2n) is 6.49. The summed E-state index contributed by atoms with van der Waals surface area (Å²) in [4.78, 5) is 0. The molecule has 5 nitrogen and oxygen atoms in total. The molecule has 2 aliphatic rings. The smallest absolute Gasteiger partial charge is 0.231 e. The summed E-state index contributed by atoms with van der Waals surface area (Å²) in [5, 5.41) is 16.4. The van der Waals surface area contributed by atoms with Crippen molar-refractivity contribution in [3.8, 4) is 17.6 Å². The summed E-state index contributed by atoms with van der Waals surface area (Å²) in [5.41, 5.74) is 4.19. The molecule has 1 aromatic heterocycles. The molecule has 0 bridgehead atoms. The molecule has 2 aromatic carbocycles. The number of ether oxygens (including phenoxy) is 2. The van der Waals surface area contributed by atoms with Crippen LogP contribution in [0.3, 0.4) is 0 Å². The molecule has 1 aliphatic heterocycles. The lowest BCUT2D eigenvalue weighted by Gasteiger charge is -2.34. The van der Waals surface area contributed by atoms with Crippen molar-refractivity contribution in [2.75, 3.05) is 6.79 Å². The van der Waals surface area contributed by atoms with Crippen LogP contribution in [-0.2, 0) is 11.8 Å². The van der Waals surface area contributed by atoms with Crippen LogP contribution in [0.15, 0.2) is 54.6 Å². The number of H-pyrrole nitrogens is 1. The summed E-state index contributed by atoms with van der Waals surface area (Å²) >= 11 is 0. The first kappa shape index (κ1) is 14.8. The van der Waals surface area contributed by atoms with Gasteiger partial charge >= 0.3 is 0 Å². The van der Waals surface area contributed by atoms with Crippen molar-refractivity contribution in [1.82, 2.24) is 10.2 Å². The summed E-state index contributed by atoms with van der Waals surface area (Å²) in [5.74, 6) is 1.53. The molecule has 2 heterocycles. The van der Waals surface area contributed by atoms with E-state index in [4.69, 9.17) is 9.47 Å². The van der Waals surface area contributed by atoms with Crippen LogP contribution in [0, 0.1) is 11.3 Å². The molecule has 5 heteroatoms. The Bertz CT molecular complexity index is 1060. The zero-order valence-corrected chi connectivity index (χ0v) is 13.9. The van der Waals surface area contributed by atoms with Crippen molar-refractivity contribution < 1.29 is 9.47 Å². The fourth-order valence-corrected chi connectivity index (χ4v) is 3.82. The molecule has 0 amide bonds. The van der Waals surface area contributed by atoms with E-state index in [0.717, 1.165) is 28.3 Å². The van der Waals surface area contributed by atoms with Crippen molar-refractivity contribution in [1.29, 1.82) is 5.26 Å². The number of hydrogen-bond donors (Lipinski definition) is 1. The number of nitrogens with one attached hydrogen (secondary N) is 1. The molecule has 3 aromatic rings. The predicted octanol–water partition coefficient (Wildman–Crippen LogP) is 3.57. The summed E-state index contributed by atoms with van der Waals surface area (Å²) < 4.78 is 11.1. The van der Waals surface area contributed by atoms with Crippen LogP contribution in [0.1, 0.15) is 28.1 Å². The molecule has 0 fully saturated rings. The molecular weight excluding hydrogens is 326 g/mol. The quantitative estimate of drug-likeness (QED) is 0.773. The van der Waals surface area contributed by atoms with Gasteiger partial charge in [-0.1, -0.05) is 48.6 Å². The minimum Gasteiger partial charge on any atom is -0.454 e. The Labute approximate surface area is 150 Å². The molecule has 26 heavy (non-hydrogen) atoms. The fourth-order valence-electron chi connectivity index (χ4n) is 3.82. The Morgan fingerprint density at radius 1 is 1.04 bits per heavy atom. The van der Waals surface area contributed by atoms with Gasteiger partial charge in [-0.3, -0.25) is 5.10 Å². The number of rotatable bonds is 2. The topological polar surface area (TPSA) is 70.9 Å². The molecule has 1 unspecified atom stereocenters. The van der Waals surface area contributed by atoms with Crippen molar-refractivity contribution >= 4 is 6.08 Å². The molecule has 1 N–H and O–H groups in total. The molecule has 1 atom stereocenters. The first-order chi connectivity index (χ1) is 12.8. The highest BCUT2D eigenvalue weighted by Gasteiger charge is 2.37. The Hall–Kier alpha value is -3.52. The lowest BCUT2D eigenvalue weighted by Crippen LogP contribution is -2.30. The van der Waals surface area contributed by atoms with Crippen LogP contribution in [0.2, 0.25) is 0 Å². The van der Waals surface area contributed by atoms with E-state index in [9.17, 15) is 5.26 Å². The summed E-state index contributed by atoms with van der Waals surface area (Å²) in [7, 11) is 0. The SMILES string of the molecule is N#Cc1n[nH]c2c1C=CC(c1ccccc1)(c1ccc3c(c1)OCO3)C2. The average molecular weight is 341 g/mol. The molecule has 0 saturated carbocycles. The van der Waals surface area contributed by atoms with Gasteiger partial charge in [-0.25, -0.2) is 0 Å². The molecule has 0 radical (unpaired) electrons. The number of fused-ring (bicyclic) bond motifs is 2. The summed E-state index contributed by atoms with van der Waals surface area (Å²) in [6, 6.07) is 18.6. The van der Waals surface area contributed by atoms with Gasteiger partial charge in [0.2, 0.25) is 6.79 Å². The minimum atomic E-state index is -0.367. The van der Waals surface area contributed by atoms with Gasteiger partial charge < -0.3 is 9.47 Å². The van der Waals surface area contributed by atoms with Gasteiger partial charge in [0.15, 0.2) is 17.2 Å². The average Bonchev–Trinajstić information content (AvgIpc) is 3.33. The number of allylic oxidation sites excluding steroid dienone is 1. The highest BCUT2D eigenvalue weighted by atomic mass is 16.7. The van der Waals surface area contributed by atoms with Crippen LogP contribution >= 0.6 is 0 Å². The van der Waals surface area contributed by atoms with E-state index in [1.807, 2.05) is 36.4 Å². The summed E-state index contributed by atoms with van der Waals surface area (Å²) in [6.45, 7) is 0.253. The second kappa shape index (κ2) is 5.50. The predicted molar refractivity (Wildman–Crippen MR) is 95.8 cm³/mol. The monoisotopic (exact) mass is 341 g/mol. The highest BCUT2D eigenvalue weighted by Crippen LogP contribution is 2.44. The molecule has 1 aliphatic carbocycles. The first-order valence-electron chi connectivity index (χ1n) is 8.42. The molecule has 0 saturated heterocycles. The van der Waals surface area contributed by atoms with E-state index >= 15 is 0 Å². The number of benzene rings is 2. The highest BCUT2D eigenvalue weighted by molar-refractivity contribution is 5.67. The maximum atomic E-state index is 9.26. The lowest BCUT2D eigenvalue weighted by atomic mass is 9.68.